The first-order chi connectivity index (χ1) is 16.8. The van der Waals surface area contributed by atoms with Crippen LogP contribution in [-0.4, -0.2) is 61.5 Å². The number of alkyl carbamates (subject to hydrolysis) is 1. The maximum atomic E-state index is 12.7. The van der Waals surface area contributed by atoms with Crippen LogP contribution in [0.25, 0.3) is 0 Å². The SMILES string of the molecule is CC(C)OC(=O)NCCOP(=O)(O)OCC(COC(=O)C(C)(C)CCC(C)(C)C)OC(=O)C(C)C(C)C. The van der Waals surface area contributed by atoms with Crippen LogP contribution in [0.4, 0.5) is 4.79 Å². The van der Waals surface area contributed by atoms with Gasteiger partial charge in [0.1, 0.15) is 6.61 Å². The topological polar surface area (TPSA) is 147 Å². The highest BCUT2D eigenvalue weighted by Gasteiger charge is 2.33. The zero-order valence-electron chi connectivity index (χ0n) is 24.1. The molecule has 0 aromatic heterocycles. The second kappa shape index (κ2) is 15.7. The maximum absolute atomic E-state index is 12.7. The number of nitrogens with one attached hydrogen (secondary N) is 1. The number of ether oxygens (including phenoxy) is 3. The molecule has 0 aromatic rings. The molecule has 0 aliphatic rings. The van der Waals surface area contributed by atoms with Gasteiger partial charge < -0.3 is 24.4 Å². The Hall–Kier alpha value is -1.68. The summed E-state index contributed by atoms with van der Waals surface area (Å²) in [5, 5.41) is 2.37. The van der Waals surface area contributed by atoms with Crippen molar-refractivity contribution in [1.82, 2.24) is 5.32 Å². The molecule has 37 heavy (non-hydrogen) atoms. The van der Waals surface area contributed by atoms with E-state index in [0.717, 1.165) is 6.42 Å². The molecule has 0 spiro atoms. The van der Waals surface area contributed by atoms with E-state index in [1.54, 1.807) is 34.6 Å². The van der Waals surface area contributed by atoms with E-state index in [1.165, 1.54) is 0 Å². The van der Waals surface area contributed by atoms with Gasteiger partial charge in [-0.05, 0) is 51.9 Å². The summed E-state index contributed by atoms with van der Waals surface area (Å²) < 4.78 is 37.8. The third-order valence-electron chi connectivity index (χ3n) is 5.50. The van der Waals surface area contributed by atoms with E-state index in [9.17, 15) is 23.8 Å². The molecule has 0 rings (SSSR count). The largest absolute Gasteiger partial charge is 0.472 e. The van der Waals surface area contributed by atoms with Gasteiger partial charge in [0.25, 0.3) is 0 Å². The van der Waals surface area contributed by atoms with E-state index >= 15 is 0 Å². The molecular formula is C25H48NO10P. The van der Waals surface area contributed by atoms with Crippen LogP contribution in [0.3, 0.4) is 0 Å². The Bertz CT molecular complexity index is 776. The lowest BCUT2D eigenvalue weighted by Gasteiger charge is -2.28. The van der Waals surface area contributed by atoms with Gasteiger partial charge in [-0.25, -0.2) is 9.36 Å². The van der Waals surface area contributed by atoms with Crippen molar-refractivity contribution in [3.8, 4) is 0 Å². The van der Waals surface area contributed by atoms with E-state index in [4.69, 9.17) is 23.3 Å². The van der Waals surface area contributed by atoms with Crippen LogP contribution in [0.15, 0.2) is 0 Å². The number of esters is 2. The average Bonchev–Trinajstić information content (AvgIpc) is 2.75. The predicted molar refractivity (Wildman–Crippen MR) is 139 cm³/mol. The second-order valence-electron chi connectivity index (χ2n) is 11.6. The summed E-state index contributed by atoms with van der Waals surface area (Å²) >= 11 is 0. The molecule has 1 amide bonds. The molecule has 0 aromatic carbocycles. The summed E-state index contributed by atoms with van der Waals surface area (Å²) in [5.41, 5.74) is -0.726. The number of rotatable bonds is 16. The summed E-state index contributed by atoms with van der Waals surface area (Å²) in [6, 6.07) is 0. The second-order valence-corrected chi connectivity index (χ2v) is 13.1. The molecule has 0 aliphatic heterocycles. The van der Waals surface area contributed by atoms with Gasteiger partial charge in [0, 0.05) is 6.54 Å². The highest BCUT2D eigenvalue weighted by atomic mass is 31.2. The van der Waals surface area contributed by atoms with Crippen molar-refractivity contribution >= 4 is 25.9 Å². The van der Waals surface area contributed by atoms with Gasteiger partial charge in [-0.3, -0.25) is 18.6 Å². The van der Waals surface area contributed by atoms with E-state index in [0.29, 0.717) is 6.42 Å². The fourth-order valence-electron chi connectivity index (χ4n) is 2.60. The Morgan fingerprint density at radius 1 is 0.892 bits per heavy atom. The summed E-state index contributed by atoms with van der Waals surface area (Å²) in [6.45, 7) is 17.3. The normalized spacial score (nSPS) is 15.6. The van der Waals surface area contributed by atoms with Crippen LogP contribution >= 0.6 is 7.82 Å². The van der Waals surface area contributed by atoms with Gasteiger partial charge in [-0.15, -0.1) is 0 Å². The number of phosphoric acid groups is 1. The van der Waals surface area contributed by atoms with E-state index in [2.05, 4.69) is 26.1 Å². The Labute approximate surface area is 221 Å². The first-order valence-electron chi connectivity index (χ1n) is 12.7. The van der Waals surface area contributed by atoms with E-state index in [1.807, 2.05) is 13.8 Å². The molecular weight excluding hydrogens is 505 g/mol. The first-order valence-corrected chi connectivity index (χ1v) is 14.2. The molecule has 11 nitrogen and oxygen atoms in total. The molecule has 3 unspecified atom stereocenters. The molecule has 0 fully saturated rings. The number of amides is 1. The number of carbonyl (C=O) groups excluding carboxylic acids is 3. The molecule has 0 saturated carbocycles. The van der Waals surface area contributed by atoms with Crippen molar-refractivity contribution in [1.29, 1.82) is 0 Å². The Balaban J connectivity index is 5.04. The van der Waals surface area contributed by atoms with Crippen molar-refractivity contribution in [3.05, 3.63) is 0 Å². The quantitative estimate of drug-likeness (QED) is 0.118. The van der Waals surface area contributed by atoms with Gasteiger partial charge >= 0.3 is 25.9 Å². The van der Waals surface area contributed by atoms with Gasteiger partial charge in [-0.1, -0.05) is 41.5 Å². The predicted octanol–water partition coefficient (Wildman–Crippen LogP) is 4.85. The number of hydrogen-bond acceptors (Lipinski definition) is 9. The van der Waals surface area contributed by atoms with Crippen LogP contribution in [0.2, 0.25) is 0 Å². The van der Waals surface area contributed by atoms with E-state index in [-0.39, 0.29) is 37.2 Å². The van der Waals surface area contributed by atoms with Gasteiger partial charge in [0.05, 0.1) is 30.7 Å². The van der Waals surface area contributed by atoms with Crippen LogP contribution in [0.1, 0.15) is 82.1 Å². The number of carbonyl (C=O) groups is 3. The summed E-state index contributed by atoms with van der Waals surface area (Å²) in [4.78, 5) is 46.6. The van der Waals surface area contributed by atoms with Gasteiger partial charge in [0.2, 0.25) is 0 Å². The molecule has 3 atom stereocenters. The van der Waals surface area contributed by atoms with Crippen LogP contribution < -0.4 is 5.32 Å². The number of phosphoric ester groups is 1. The molecule has 12 heteroatoms. The van der Waals surface area contributed by atoms with Crippen molar-refractivity contribution in [2.75, 3.05) is 26.4 Å². The van der Waals surface area contributed by atoms with Gasteiger partial charge in [-0.2, -0.15) is 0 Å². The average molecular weight is 554 g/mol. The van der Waals surface area contributed by atoms with E-state index < -0.39 is 49.9 Å². The van der Waals surface area contributed by atoms with Gasteiger partial charge in [0.15, 0.2) is 6.10 Å². The summed E-state index contributed by atoms with van der Waals surface area (Å²) in [7, 11) is -4.55. The first kappa shape index (κ1) is 35.3. The highest BCUT2D eigenvalue weighted by molar-refractivity contribution is 7.47. The van der Waals surface area contributed by atoms with Crippen LogP contribution in [-0.2, 0) is 37.4 Å². The monoisotopic (exact) mass is 553 g/mol. The zero-order valence-corrected chi connectivity index (χ0v) is 25.0. The molecule has 0 aliphatic carbocycles. The fraction of sp³-hybridized carbons (Fsp3) is 0.880. The van der Waals surface area contributed by atoms with Crippen LogP contribution in [0, 0.1) is 22.7 Å². The highest BCUT2D eigenvalue weighted by Crippen LogP contribution is 2.43. The minimum atomic E-state index is -4.55. The molecule has 0 heterocycles. The fourth-order valence-corrected chi connectivity index (χ4v) is 3.35. The summed E-state index contributed by atoms with van der Waals surface area (Å²) in [6.07, 6.45) is -0.731. The van der Waals surface area contributed by atoms with Crippen molar-refractivity contribution in [2.24, 2.45) is 22.7 Å². The zero-order chi connectivity index (χ0) is 29.0. The molecule has 0 radical (unpaired) electrons. The Morgan fingerprint density at radius 2 is 1.49 bits per heavy atom. The third kappa shape index (κ3) is 16.7. The lowest BCUT2D eigenvalue weighted by atomic mass is 9.80. The minimum absolute atomic E-state index is 0.00453. The van der Waals surface area contributed by atoms with Crippen molar-refractivity contribution < 1.29 is 47.1 Å². The Morgan fingerprint density at radius 3 is 2.00 bits per heavy atom. The smallest absolute Gasteiger partial charge is 0.461 e. The summed E-state index contributed by atoms with van der Waals surface area (Å²) in [5.74, 6) is -1.48. The molecule has 2 N–H and O–H groups in total. The minimum Gasteiger partial charge on any atom is -0.461 e. The third-order valence-corrected chi connectivity index (χ3v) is 6.48. The Kier molecular flexibility index (Phi) is 15.0. The van der Waals surface area contributed by atoms with Crippen molar-refractivity contribution in [2.45, 2.75) is 94.3 Å². The molecule has 0 bridgehead atoms. The maximum Gasteiger partial charge on any atom is 0.472 e. The lowest BCUT2D eigenvalue weighted by Crippen LogP contribution is -2.35. The molecule has 0 saturated heterocycles. The standard InChI is InChI=1S/C25H48NO10P/c1-17(2)19(5)21(27)36-20(15-32-22(28)25(9,10)12-11-24(6,7)8)16-34-37(30,31)33-14-13-26-23(29)35-18(3)4/h17-20H,11-16H2,1-10H3,(H,26,29)(H,30,31). The van der Waals surface area contributed by atoms with Crippen molar-refractivity contribution in [3.63, 3.8) is 0 Å². The van der Waals surface area contributed by atoms with Crippen LogP contribution in [0.5, 0.6) is 0 Å². The number of hydrogen-bond donors (Lipinski definition) is 2. The lowest BCUT2D eigenvalue weighted by molar-refractivity contribution is -0.169. The molecule has 218 valence electrons.